The molecule has 2 nitrogen and oxygen atoms in total. The summed E-state index contributed by atoms with van der Waals surface area (Å²) in [5.74, 6) is 0. The Bertz CT molecular complexity index is 548. The van der Waals surface area contributed by atoms with Gasteiger partial charge in [-0.2, -0.15) is 5.01 Å². The molecule has 18 heavy (non-hydrogen) atoms. The highest BCUT2D eigenvalue weighted by Crippen LogP contribution is 2.45. The van der Waals surface area contributed by atoms with Crippen LogP contribution in [-0.2, 0) is 0 Å². The van der Waals surface area contributed by atoms with E-state index >= 15 is 0 Å². The lowest BCUT2D eigenvalue weighted by Gasteiger charge is -2.07. The standard InChI is InChI=1S/C16H16N2/c1-13(14-9-5-3-6-10-14)18-16(17(18)2)15-11-7-4-8-12-15/h3-12,16H,1H2,2H3. The zero-order chi connectivity index (χ0) is 12.5. The molecule has 0 amide bonds. The van der Waals surface area contributed by atoms with Gasteiger partial charge in [-0.15, -0.1) is 0 Å². The van der Waals surface area contributed by atoms with E-state index in [-0.39, 0.29) is 0 Å². The lowest BCUT2D eigenvalue weighted by atomic mass is 10.1. The Morgan fingerprint density at radius 3 is 2.11 bits per heavy atom. The minimum atomic E-state index is 0.318. The Kier molecular flexibility index (Phi) is 2.65. The van der Waals surface area contributed by atoms with E-state index in [2.05, 4.69) is 60.0 Å². The van der Waals surface area contributed by atoms with Gasteiger partial charge in [0.1, 0.15) is 6.17 Å². The first-order chi connectivity index (χ1) is 8.79. The fraction of sp³-hybridized carbons (Fsp3) is 0.125. The summed E-state index contributed by atoms with van der Waals surface area (Å²) in [4.78, 5) is 0. The summed E-state index contributed by atoms with van der Waals surface area (Å²) in [6.45, 7) is 4.20. The van der Waals surface area contributed by atoms with Gasteiger partial charge in [-0.3, -0.25) is 5.01 Å². The van der Waals surface area contributed by atoms with E-state index in [4.69, 9.17) is 0 Å². The number of hydrazine groups is 1. The Labute approximate surface area is 108 Å². The maximum absolute atomic E-state index is 4.20. The fourth-order valence-electron chi connectivity index (χ4n) is 2.34. The van der Waals surface area contributed by atoms with Gasteiger partial charge in [0.2, 0.25) is 0 Å². The Hall–Kier alpha value is -2.06. The molecule has 2 heteroatoms. The van der Waals surface area contributed by atoms with Crippen LogP contribution in [0.5, 0.6) is 0 Å². The van der Waals surface area contributed by atoms with Crippen molar-refractivity contribution in [2.45, 2.75) is 6.17 Å². The molecule has 2 aromatic rings. The summed E-state index contributed by atoms with van der Waals surface area (Å²) in [5, 5.41) is 4.41. The van der Waals surface area contributed by atoms with Crippen molar-refractivity contribution in [2.75, 3.05) is 7.05 Å². The zero-order valence-electron chi connectivity index (χ0n) is 10.5. The van der Waals surface area contributed by atoms with Crippen molar-refractivity contribution < 1.29 is 0 Å². The summed E-state index contributed by atoms with van der Waals surface area (Å²) in [6.07, 6.45) is 0.318. The highest BCUT2D eigenvalue weighted by Gasteiger charge is 2.44. The summed E-state index contributed by atoms with van der Waals surface area (Å²) in [5.41, 5.74) is 3.52. The first-order valence-corrected chi connectivity index (χ1v) is 6.10. The second-order valence-corrected chi connectivity index (χ2v) is 4.52. The molecule has 0 N–H and O–H groups in total. The van der Waals surface area contributed by atoms with Gasteiger partial charge in [0, 0.05) is 7.05 Å². The number of benzene rings is 2. The molecule has 1 aliphatic heterocycles. The minimum absolute atomic E-state index is 0.318. The van der Waals surface area contributed by atoms with Crippen LogP contribution in [0.2, 0.25) is 0 Å². The van der Waals surface area contributed by atoms with E-state index in [1.165, 1.54) is 11.1 Å². The molecule has 1 aliphatic rings. The second-order valence-electron chi connectivity index (χ2n) is 4.52. The van der Waals surface area contributed by atoms with Crippen LogP contribution in [-0.4, -0.2) is 17.1 Å². The summed E-state index contributed by atoms with van der Waals surface area (Å²) in [6, 6.07) is 20.8. The number of rotatable bonds is 3. The van der Waals surface area contributed by atoms with Gasteiger partial charge in [0.25, 0.3) is 0 Å². The van der Waals surface area contributed by atoms with Crippen LogP contribution in [0, 0.1) is 0 Å². The van der Waals surface area contributed by atoms with Crippen molar-refractivity contribution in [2.24, 2.45) is 0 Å². The molecule has 2 unspecified atom stereocenters. The van der Waals surface area contributed by atoms with Crippen molar-refractivity contribution >= 4 is 5.70 Å². The van der Waals surface area contributed by atoms with Crippen LogP contribution in [0.3, 0.4) is 0 Å². The smallest absolute Gasteiger partial charge is 0.140 e. The van der Waals surface area contributed by atoms with Crippen molar-refractivity contribution in [1.82, 2.24) is 10.0 Å². The van der Waals surface area contributed by atoms with E-state index in [9.17, 15) is 0 Å². The molecule has 0 radical (unpaired) electrons. The molecule has 2 atom stereocenters. The molecule has 90 valence electrons. The minimum Gasteiger partial charge on any atom is -0.280 e. The first kappa shape index (κ1) is 11.1. The van der Waals surface area contributed by atoms with E-state index in [1.807, 2.05) is 24.3 Å². The highest BCUT2D eigenvalue weighted by molar-refractivity contribution is 5.63. The van der Waals surface area contributed by atoms with E-state index in [0.29, 0.717) is 6.17 Å². The Morgan fingerprint density at radius 1 is 0.944 bits per heavy atom. The number of nitrogens with zero attached hydrogens (tertiary/aromatic N) is 2. The zero-order valence-corrected chi connectivity index (χ0v) is 10.5. The number of hydrogen-bond acceptors (Lipinski definition) is 2. The van der Waals surface area contributed by atoms with Crippen LogP contribution in [0.4, 0.5) is 0 Å². The lowest BCUT2D eigenvalue weighted by molar-refractivity contribution is 0.464. The maximum Gasteiger partial charge on any atom is 0.140 e. The summed E-state index contributed by atoms with van der Waals surface area (Å²) >= 11 is 0. The molecule has 0 saturated carbocycles. The van der Waals surface area contributed by atoms with Gasteiger partial charge in [-0.1, -0.05) is 67.2 Å². The molecule has 0 spiro atoms. The molecular formula is C16H16N2. The van der Waals surface area contributed by atoms with Crippen LogP contribution in [0.15, 0.2) is 67.2 Å². The SMILES string of the molecule is C=C(c1ccccc1)N1C(c2ccccc2)N1C. The quantitative estimate of drug-likeness (QED) is 0.752. The predicted octanol–water partition coefficient (Wildman–Crippen LogP) is 3.52. The monoisotopic (exact) mass is 236 g/mol. The Morgan fingerprint density at radius 2 is 1.50 bits per heavy atom. The second kappa shape index (κ2) is 4.31. The lowest BCUT2D eigenvalue weighted by Crippen LogP contribution is -2.00. The van der Waals surface area contributed by atoms with Gasteiger partial charge < -0.3 is 0 Å². The van der Waals surface area contributed by atoms with Crippen LogP contribution in [0.1, 0.15) is 17.3 Å². The van der Waals surface area contributed by atoms with Gasteiger partial charge in [-0.25, -0.2) is 0 Å². The molecular weight excluding hydrogens is 220 g/mol. The summed E-state index contributed by atoms with van der Waals surface area (Å²) in [7, 11) is 2.09. The molecule has 2 aromatic carbocycles. The van der Waals surface area contributed by atoms with Crippen molar-refractivity contribution in [3.8, 4) is 0 Å². The molecule has 3 rings (SSSR count). The topological polar surface area (TPSA) is 6.02 Å². The van der Waals surface area contributed by atoms with Gasteiger partial charge in [0.05, 0.1) is 5.70 Å². The maximum atomic E-state index is 4.20. The average molecular weight is 236 g/mol. The molecule has 0 aromatic heterocycles. The molecule has 0 bridgehead atoms. The third kappa shape index (κ3) is 1.81. The molecule has 1 saturated heterocycles. The molecule has 1 fully saturated rings. The van der Waals surface area contributed by atoms with Crippen molar-refractivity contribution in [3.63, 3.8) is 0 Å². The van der Waals surface area contributed by atoms with Crippen LogP contribution < -0.4 is 0 Å². The van der Waals surface area contributed by atoms with E-state index in [0.717, 1.165) is 5.70 Å². The highest BCUT2D eigenvalue weighted by atomic mass is 15.8. The Balaban J connectivity index is 1.82. The van der Waals surface area contributed by atoms with Gasteiger partial charge in [0.15, 0.2) is 0 Å². The van der Waals surface area contributed by atoms with Crippen molar-refractivity contribution in [3.05, 3.63) is 78.4 Å². The average Bonchev–Trinajstić information content (AvgIpc) is 3.11. The normalized spacial score (nSPS) is 21.7. The van der Waals surface area contributed by atoms with E-state index < -0.39 is 0 Å². The fourth-order valence-corrected chi connectivity index (χ4v) is 2.34. The predicted molar refractivity (Wildman–Crippen MR) is 74.3 cm³/mol. The van der Waals surface area contributed by atoms with Crippen LogP contribution in [0.25, 0.3) is 5.70 Å². The van der Waals surface area contributed by atoms with Crippen LogP contribution >= 0.6 is 0 Å². The van der Waals surface area contributed by atoms with Gasteiger partial charge in [-0.05, 0) is 11.1 Å². The largest absolute Gasteiger partial charge is 0.280 e. The summed E-state index contributed by atoms with van der Waals surface area (Å²) < 4.78 is 0. The van der Waals surface area contributed by atoms with Gasteiger partial charge >= 0.3 is 0 Å². The van der Waals surface area contributed by atoms with Crippen molar-refractivity contribution in [1.29, 1.82) is 0 Å². The molecule has 0 aliphatic carbocycles. The molecule has 1 heterocycles. The third-order valence-electron chi connectivity index (χ3n) is 3.35. The number of hydrogen-bond donors (Lipinski definition) is 0. The third-order valence-corrected chi connectivity index (χ3v) is 3.35. The van der Waals surface area contributed by atoms with E-state index in [1.54, 1.807) is 0 Å². The first-order valence-electron chi connectivity index (χ1n) is 6.10.